The number of carbonyl (C=O) groups excluding carboxylic acids is 1. The van der Waals surface area contributed by atoms with E-state index in [1.165, 1.54) is 0 Å². The van der Waals surface area contributed by atoms with E-state index in [1.807, 2.05) is 36.4 Å². The van der Waals surface area contributed by atoms with Crippen molar-refractivity contribution in [1.29, 1.82) is 0 Å². The molecule has 0 N–H and O–H groups in total. The number of rotatable bonds is 5. The van der Waals surface area contributed by atoms with Crippen molar-refractivity contribution >= 4 is 14.4 Å². The van der Waals surface area contributed by atoms with Gasteiger partial charge < -0.3 is 9.16 Å². The van der Waals surface area contributed by atoms with Gasteiger partial charge in [-0.2, -0.15) is 0 Å². The minimum atomic E-state index is -1.86. The van der Waals surface area contributed by atoms with E-state index in [0.29, 0.717) is 6.54 Å². The molecule has 2 rings (SSSR count). The quantitative estimate of drug-likeness (QED) is 0.549. The molecule has 1 amide bonds. The Labute approximate surface area is 152 Å². The summed E-state index contributed by atoms with van der Waals surface area (Å²) in [5, 5.41) is 0.151. The van der Waals surface area contributed by atoms with E-state index >= 15 is 0 Å². The number of ether oxygens (including phenoxy) is 1. The predicted molar refractivity (Wildman–Crippen MR) is 104 cm³/mol. The third kappa shape index (κ3) is 4.95. The number of hydrogen-bond acceptors (Lipinski definition) is 3. The zero-order valence-corrected chi connectivity index (χ0v) is 17.1. The first-order valence-electron chi connectivity index (χ1n) is 8.92. The molecule has 0 spiro atoms. The highest BCUT2D eigenvalue weighted by atomic mass is 28.4. The lowest BCUT2D eigenvalue weighted by Crippen LogP contribution is -2.44. The standard InChI is InChI=1S/C20H31NO3Si/c1-7-17-13-18(24-25(5,6)20(2,3)4)14-21(17)19(22)23-15-16-11-9-8-10-12-16/h7-12,17-18H,1,13-15H2,2-6H3/t17-,18-/m1/s1. The largest absolute Gasteiger partial charge is 0.445 e. The molecule has 5 heteroatoms. The van der Waals surface area contributed by atoms with Crippen LogP contribution in [0.2, 0.25) is 18.1 Å². The van der Waals surface area contributed by atoms with Crippen LogP contribution in [0.4, 0.5) is 4.79 Å². The summed E-state index contributed by atoms with van der Waals surface area (Å²) in [6.07, 6.45) is 2.36. The Kier molecular flexibility index (Phi) is 6.11. The zero-order valence-electron chi connectivity index (χ0n) is 16.1. The molecule has 2 atom stereocenters. The van der Waals surface area contributed by atoms with Gasteiger partial charge in [0, 0.05) is 6.54 Å². The maximum absolute atomic E-state index is 12.5. The SMILES string of the molecule is C=C[C@@H]1C[C@@H](O[Si](C)(C)C(C)(C)C)CN1C(=O)OCc1ccccc1. The molecule has 4 nitrogen and oxygen atoms in total. The predicted octanol–water partition coefficient (Wildman–Crippen LogP) is 4.97. The van der Waals surface area contributed by atoms with Crippen LogP contribution in [0.5, 0.6) is 0 Å². The molecule has 0 unspecified atom stereocenters. The van der Waals surface area contributed by atoms with Crippen LogP contribution < -0.4 is 0 Å². The van der Waals surface area contributed by atoms with Gasteiger partial charge >= 0.3 is 6.09 Å². The van der Waals surface area contributed by atoms with Gasteiger partial charge in [0.15, 0.2) is 8.32 Å². The second-order valence-electron chi connectivity index (χ2n) is 8.23. The fraction of sp³-hybridized carbons (Fsp3) is 0.550. The Morgan fingerprint density at radius 2 is 1.96 bits per heavy atom. The first kappa shape index (κ1) is 19.7. The average Bonchev–Trinajstić information content (AvgIpc) is 2.95. The highest BCUT2D eigenvalue weighted by Gasteiger charge is 2.43. The number of likely N-dealkylation sites (tertiary alicyclic amines) is 1. The van der Waals surface area contributed by atoms with E-state index in [2.05, 4.69) is 40.4 Å². The Hall–Kier alpha value is -1.59. The summed E-state index contributed by atoms with van der Waals surface area (Å²) in [4.78, 5) is 14.3. The second-order valence-corrected chi connectivity index (χ2v) is 13.0. The number of amides is 1. The summed E-state index contributed by atoms with van der Waals surface area (Å²) in [5.41, 5.74) is 0.985. The molecule has 1 fully saturated rings. The van der Waals surface area contributed by atoms with Crippen LogP contribution in [0.1, 0.15) is 32.8 Å². The lowest BCUT2D eigenvalue weighted by molar-refractivity contribution is 0.0927. The van der Waals surface area contributed by atoms with Crippen molar-refractivity contribution in [3.8, 4) is 0 Å². The Balaban J connectivity index is 1.96. The van der Waals surface area contributed by atoms with Crippen molar-refractivity contribution in [3.63, 3.8) is 0 Å². The van der Waals surface area contributed by atoms with Gasteiger partial charge in [0.05, 0.1) is 12.1 Å². The van der Waals surface area contributed by atoms with E-state index < -0.39 is 8.32 Å². The van der Waals surface area contributed by atoms with Gasteiger partial charge in [0.25, 0.3) is 0 Å². The summed E-state index contributed by atoms with van der Waals surface area (Å²) < 4.78 is 12.0. The molecular formula is C20H31NO3Si. The maximum Gasteiger partial charge on any atom is 0.410 e. The number of carbonyl (C=O) groups is 1. The Morgan fingerprint density at radius 3 is 2.52 bits per heavy atom. The monoisotopic (exact) mass is 361 g/mol. The van der Waals surface area contributed by atoms with E-state index in [-0.39, 0.29) is 29.9 Å². The fourth-order valence-corrected chi connectivity index (χ4v) is 4.10. The van der Waals surface area contributed by atoms with Crippen LogP contribution in [0.3, 0.4) is 0 Å². The number of hydrogen-bond donors (Lipinski definition) is 0. The van der Waals surface area contributed by atoms with E-state index in [9.17, 15) is 4.79 Å². The maximum atomic E-state index is 12.5. The minimum Gasteiger partial charge on any atom is -0.445 e. The van der Waals surface area contributed by atoms with Gasteiger partial charge in [0.1, 0.15) is 6.61 Å². The molecule has 1 aliphatic heterocycles. The average molecular weight is 362 g/mol. The van der Waals surface area contributed by atoms with E-state index in [1.54, 1.807) is 4.90 Å². The van der Waals surface area contributed by atoms with Crippen molar-refractivity contribution in [3.05, 3.63) is 48.6 Å². The van der Waals surface area contributed by atoms with Crippen LogP contribution >= 0.6 is 0 Å². The molecule has 0 aromatic heterocycles. The van der Waals surface area contributed by atoms with Crippen molar-refractivity contribution in [2.24, 2.45) is 0 Å². The first-order valence-corrected chi connectivity index (χ1v) is 11.8. The highest BCUT2D eigenvalue weighted by Crippen LogP contribution is 2.39. The molecule has 25 heavy (non-hydrogen) atoms. The summed E-state index contributed by atoms with van der Waals surface area (Å²) >= 11 is 0. The summed E-state index contributed by atoms with van der Waals surface area (Å²) in [6, 6.07) is 9.70. The number of nitrogens with zero attached hydrogens (tertiary/aromatic N) is 1. The molecule has 1 aromatic carbocycles. The Bertz CT molecular complexity index is 595. The van der Waals surface area contributed by atoms with Crippen molar-refractivity contribution in [1.82, 2.24) is 4.90 Å². The summed E-state index contributed by atoms with van der Waals surface area (Å²) in [5.74, 6) is 0. The van der Waals surface area contributed by atoms with Crippen LogP contribution in [0.25, 0.3) is 0 Å². The smallest absolute Gasteiger partial charge is 0.410 e. The molecular weight excluding hydrogens is 330 g/mol. The third-order valence-corrected chi connectivity index (χ3v) is 9.82. The van der Waals surface area contributed by atoms with Gasteiger partial charge in [-0.15, -0.1) is 6.58 Å². The molecule has 0 bridgehead atoms. The van der Waals surface area contributed by atoms with Gasteiger partial charge in [0.2, 0.25) is 0 Å². The van der Waals surface area contributed by atoms with Crippen LogP contribution in [-0.4, -0.2) is 38.0 Å². The van der Waals surface area contributed by atoms with Gasteiger partial charge in [-0.3, -0.25) is 4.90 Å². The van der Waals surface area contributed by atoms with E-state index in [0.717, 1.165) is 12.0 Å². The van der Waals surface area contributed by atoms with Crippen LogP contribution in [-0.2, 0) is 15.8 Å². The lowest BCUT2D eigenvalue weighted by atomic mass is 10.2. The highest BCUT2D eigenvalue weighted by molar-refractivity contribution is 6.74. The minimum absolute atomic E-state index is 0.0296. The molecule has 0 saturated carbocycles. The summed E-state index contributed by atoms with van der Waals surface area (Å²) in [6.45, 7) is 15.9. The normalized spacial score (nSPS) is 21.2. The van der Waals surface area contributed by atoms with Gasteiger partial charge in [-0.1, -0.05) is 57.2 Å². The second kappa shape index (κ2) is 7.75. The topological polar surface area (TPSA) is 38.8 Å². The molecule has 138 valence electrons. The Morgan fingerprint density at radius 1 is 1.32 bits per heavy atom. The van der Waals surface area contributed by atoms with Crippen molar-refractivity contribution in [2.45, 2.75) is 64.1 Å². The van der Waals surface area contributed by atoms with Crippen molar-refractivity contribution in [2.75, 3.05) is 6.54 Å². The fourth-order valence-electron chi connectivity index (χ4n) is 2.74. The summed E-state index contributed by atoms with van der Waals surface area (Å²) in [7, 11) is -1.86. The lowest BCUT2D eigenvalue weighted by Gasteiger charge is -2.38. The van der Waals surface area contributed by atoms with E-state index in [4.69, 9.17) is 9.16 Å². The zero-order chi connectivity index (χ0) is 18.7. The third-order valence-electron chi connectivity index (χ3n) is 5.28. The molecule has 1 saturated heterocycles. The molecule has 0 aliphatic carbocycles. The molecule has 1 heterocycles. The van der Waals surface area contributed by atoms with Crippen molar-refractivity contribution < 1.29 is 14.0 Å². The number of benzene rings is 1. The van der Waals surface area contributed by atoms with Gasteiger partial charge in [-0.05, 0) is 30.1 Å². The first-order chi connectivity index (χ1) is 11.6. The molecule has 1 aromatic rings. The van der Waals surface area contributed by atoms with Gasteiger partial charge in [-0.25, -0.2) is 4.79 Å². The molecule has 1 aliphatic rings. The molecule has 0 radical (unpaired) electrons. The van der Waals surface area contributed by atoms with Crippen LogP contribution in [0.15, 0.2) is 43.0 Å². The van der Waals surface area contributed by atoms with Crippen LogP contribution in [0, 0.1) is 0 Å².